The smallest absolute Gasteiger partial charge is 0 e. The van der Waals surface area contributed by atoms with Gasteiger partial charge in [0.1, 0.15) is 0 Å². The Morgan fingerprint density at radius 1 is 0.500 bits per heavy atom. The zero-order valence-electron chi connectivity index (χ0n) is 1.72. The summed E-state index contributed by atoms with van der Waals surface area (Å²) in [4.78, 5) is 0. The molecule has 0 aromatic rings. The fourth-order valence-electron chi connectivity index (χ4n) is 0. The van der Waals surface area contributed by atoms with E-state index in [0.29, 0.717) is 0 Å². The molecule has 0 aromatic carbocycles. The fraction of sp³-hybridized carbons (Fsp3) is 0. The molecular formula is H3F3Ti. The van der Waals surface area contributed by atoms with Gasteiger partial charge in [-0.05, 0) is 0 Å². The molecule has 0 N–H and O–H groups in total. The minimum absolute atomic E-state index is 0. The van der Waals surface area contributed by atoms with Crippen LogP contribution >= 0.6 is 0 Å². The Balaban J connectivity index is 0. The van der Waals surface area contributed by atoms with Crippen molar-refractivity contribution in [3.63, 3.8) is 0 Å². The molecule has 0 spiro atoms. The van der Waals surface area contributed by atoms with Gasteiger partial charge in [-0.3, -0.25) is 14.1 Å². The summed E-state index contributed by atoms with van der Waals surface area (Å²) in [6, 6.07) is 0. The normalized spacial score (nSPS) is 0. The first-order valence-corrected chi connectivity index (χ1v) is 0. The number of hydrogen-bond acceptors (Lipinski definition) is 0. The first-order valence-electron chi connectivity index (χ1n) is 0. The van der Waals surface area contributed by atoms with Crippen LogP contribution in [-0.2, 0) is 21.7 Å². The molecule has 0 radical (unpaired) electrons. The summed E-state index contributed by atoms with van der Waals surface area (Å²) in [7, 11) is 0. The van der Waals surface area contributed by atoms with Gasteiger partial charge in [-0.25, -0.2) is 0 Å². The van der Waals surface area contributed by atoms with Gasteiger partial charge in [-0.15, -0.1) is 0 Å². The molecule has 0 fully saturated rings. The summed E-state index contributed by atoms with van der Waals surface area (Å²) in [5, 5.41) is 0. The molecule has 0 aliphatic rings. The second-order valence-corrected chi connectivity index (χ2v) is 0. The van der Waals surface area contributed by atoms with E-state index in [-0.39, 0.29) is 35.8 Å². The zero-order valence-corrected chi connectivity index (χ0v) is 3.29. The van der Waals surface area contributed by atoms with E-state index in [1.54, 1.807) is 0 Å². The molecule has 0 saturated carbocycles. The minimum Gasteiger partial charge on any atom is -0.269 e. The van der Waals surface area contributed by atoms with Crippen LogP contribution in [0.5, 0.6) is 0 Å². The second kappa shape index (κ2) is 86.4. The van der Waals surface area contributed by atoms with Gasteiger partial charge in [0.15, 0.2) is 0 Å². The van der Waals surface area contributed by atoms with Crippen LogP contribution in [-0.4, -0.2) is 0 Å². The van der Waals surface area contributed by atoms with Crippen LogP contribution in [0.15, 0.2) is 0 Å². The molecule has 28 valence electrons. The van der Waals surface area contributed by atoms with Crippen LogP contribution < -0.4 is 0 Å². The Kier molecular flexibility index (Phi) is 4700. The molecule has 0 aliphatic heterocycles. The van der Waals surface area contributed by atoms with Crippen LogP contribution in [0.2, 0.25) is 0 Å². The molecule has 0 aromatic heterocycles. The van der Waals surface area contributed by atoms with Crippen molar-refractivity contribution in [3.05, 3.63) is 0 Å². The Hall–Kier alpha value is 0.504. The minimum atomic E-state index is 0. The third kappa shape index (κ3) is 22.3. The Labute approximate surface area is 36.6 Å². The Morgan fingerprint density at radius 3 is 0.500 bits per heavy atom. The Morgan fingerprint density at radius 2 is 0.500 bits per heavy atom. The average Bonchev–Trinajstić information content (AvgIpc) is 0. The molecule has 4 heavy (non-hydrogen) atoms. The van der Waals surface area contributed by atoms with Gasteiger partial charge < -0.3 is 0 Å². The summed E-state index contributed by atoms with van der Waals surface area (Å²) >= 11 is 0. The van der Waals surface area contributed by atoms with Gasteiger partial charge in [0.25, 0.3) is 0 Å². The largest absolute Gasteiger partial charge is 0.269 e. The number of halogens is 3. The zero-order chi connectivity index (χ0) is 0. The predicted molar refractivity (Wildman–Crippen MR) is 7.51 cm³/mol. The molecule has 0 unspecified atom stereocenters. The first-order chi connectivity index (χ1) is 0. The van der Waals surface area contributed by atoms with Crippen molar-refractivity contribution in [2.45, 2.75) is 0 Å². The third-order valence-electron chi connectivity index (χ3n) is 0. The van der Waals surface area contributed by atoms with Crippen molar-refractivity contribution in [2.75, 3.05) is 0 Å². The van der Waals surface area contributed by atoms with Crippen molar-refractivity contribution in [2.24, 2.45) is 0 Å². The molecule has 0 atom stereocenters. The van der Waals surface area contributed by atoms with Crippen LogP contribution in [0.1, 0.15) is 0 Å². The van der Waals surface area contributed by atoms with Gasteiger partial charge in [0.05, 0.1) is 0 Å². The van der Waals surface area contributed by atoms with E-state index in [1.807, 2.05) is 0 Å². The molecule has 0 nitrogen and oxygen atoms in total. The average molecular weight is 108 g/mol. The van der Waals surface area contributed by atoms with Gasteiger partial charge in [-0.2, -0.15) is 0 Å². The van der Waals surface area contributed by atoms with Crippen molar-refractivity contribution < 1.29 is 35.8 Å². The van der Waals surface area contributed by atoms with Gasteiger partial charge in [0.2, 0.25) is 0 Å². The van der Waals surface area contributed by atoms with Crippen molar-refractivity contribution in [1.29, 1.82) is 0 Å². The maximum Gasteiger partial charge on any atom is 0 e. The summed E-state index contributed by atoms with van der Waals surface area (Å²) in [6.07, 6.45) is 0. The molecular weight excluding hydrogens is 105 g/mol. The standard InChI is InChI=1S/3FH.Ti/h3*1H;. The van der Waals surface area contributed by atoms with Crippen molar-refractivity contribution in [1.82, 2.24) is 0 Å². The van der Waals surface area contributed by atoms with E-state index in [0.717, 1.165) is 0 Å². The summed E-state index contributed by atoms with van der Waals surface area (Å²) in [5.41, 5.74) is 0. The molecule has 0 amide bonds. The van der Waals surface area contributed by atoms with E-state index in [4.69, 9.17) is 0 Å². The van der Waals surface area contributed by atoms with Crippen molar-refractivity contribution >= 4 is 0 Å². The third-order valence-corrected chi connectivity index (χ3v) is 0. The summed E-state index contributed by atoms with van der Waals surface area (Å²) < 4.78 is 0. The second-order valence-electron chi connectivity index (χ2n) is 0. The quantitative estimate of drug-likeness (QED) is 0.395. The van der Waals surface area contributed by atoms with Crippen LogP contribution in [0.25, 0.3) is 0 Å². The molecule has 0 aliphatic carbocycles. The van der Waals surface area contributed by atoms with Crippen LogP contribution in [0, 0.1) is 0 Å². The summed E-state index contributed by atoms with van der Waals surface area (Å²) in [6.45, 7) is 0. The summed E-state index contributed by atoms with van der Waals surface area (Å²) in [5.74, 6) is 0. The van der Waals surface area contributed by atoms with Crippen molar-refractivity contribution in [3.8, 4) is 0 Å². The van der Waals surface area contributed by atoms with Crippen LogP contribution in [0.3, 0.4) is 0 Å². The number of rotatable bonds is 0. The maximum absolute atomic E-state index is 0. The first kappa shape index (κ1) is 218. The monoisotopic (exact) mass is 108 g/mol. The Bertz CT molecular complexity index is 3.25. The van der Waals surface area contributed by atoms with E-state index >= 15 is 0 Å². The molecule has 0 rings (SSSR count). The number of hydrogen-bond donors (Lipinski definition) is 0. The topological polar surface area (TPSA) is 0 Å². The van der Waals surface area contributed by atoms with E-state index in [2.05, 4.69) is 0 Å². The molecule has 4 heteroatoms. The maximum atomic E-state index is 0. The van der Waals surface area contributed by atoms with Gasteiger partial charge in [0, 0.05) is 21.7 Å². The van der Waals surface area contributed by atoms with E-state index < -0.39 is 0 Å². The van der Waals surface area contributed by atoms with Crippen LogP contribution in [0.4, 0.5) is 14.1 Å². The van der Waals surface area contributed by atoms with Gasteiger partial charge in [-0.1, -0.05) is 0 Å². The molecule has 0 saturated heterocycles. The fourth-order valence-corrected chi connectivity index (χ4v) is 0. The molecule has 0 bridgehead atoms. The van der Waals surface area contributed by atoms with Gasteiger partial charge >= 0.3 is 0 Å². The van der Waals surface area contributed by atoms with E-state index in [1.165, 1.54) is 0 Å². The van der Waals surface area contributed by atoms with E-state index in [9.17, 15) is 0 Å². The molecule has 0 heterocycles. The SMILES string of the molecule is F.F.F.[Ti]. The predicted octanol–water partition coefficient (Wildman–Crippen LogP) is 0.455.